The van der Waals surface area contributed by atoms with Crippen LogP contribution in [0, 0.1) is 6.92 Å². The topological polar surface area (TPSA) is 51.3 Å². The maximum absolute atomic E-state index is 12.6. The zero-order chi connectivity index (χ0) is 18.1. The van der Waals surface area contributed by atoms with Crippen LogP contribution in [0.5, 0.6) is 0 Å². The molecule has 4 rings (SSSR count). The lowest BCUT2D eigenvalue weighted by atomic mass is 10.1. The minimum absolute atomic E-state index is 0.0407. The highest BCUT2D eigenvalue weighted by Gasteiger charge is 2.14. The summed E-state index contributed by atoms with van der Waals surface area (Å²) in [5.74, 6) is 1.58. The number of rotatable bonds is 4. The summed E-state index contributed by atoms with van der Waals surface area (Å²) in [6.45, 7) is 2.34. The number of aryl methyl sites for hydroxylation is 1. The molecule has 26 heavy (non-hydrogen) atoms. The fourth-order valence-corrected chi connectivity index (χ4v) is 3.03. The predicted molar refractivity (Wildman–Crippen MR) is 100 cm³/mol. The monoisotopic (exact) mass is 345 g/mol. The Morgan fingerprint density at radius 2 is 1.85 bits per heavy atom. The summed E-state index contributed by atoms with van der Waals surface area (Å²) in [5.41, 5.74) is 3.60. The van der Waals surface area contributed by atoms with Crippen molar-refractivity contribution in [3.63, 3.8) is 0 Å². The Morgan fingerprint density at radius 3 is 2.58 bits per heavy atom. The number of fused-ring (bicyclic) bond motifs is 1. The molecule has 0 saturated heterocycles. The molecule has 0 unspecified atom stereocenters. The molecule has 0 atom stereocenters. The normalized spacial score (nSPS) is 11.0. The first-order chi connectivity index (χ1) is 12.6. The second kappa shape index (κ2) is 6.52. The molecule has 2 heterocycles. The molecule has 5 heteroatoms. The van der Waals surface area contributed by atoms with E-state index in [0.717, 1.165) is 28.2 Å². The first-order valence-electron chi connectivity index (χ1n) is 8.45. The second-order valence-electron chi connectivity index (χ2n) is 6.32. The van der Waals surface area contributed by atoms with E-state index in [1.165, 1.54) is 0 Å². The quantitative estimate of drug-likeness (QED) is 0.557. The Bertz CT molecular complexity index is 1060. The molecular weight excluding hydrogens is 326 g/mol. The van der Waals surface area contributed by atoms with Crippen molar-refractivity contribution in [2.45, 2.75) is 13.5 Å². The number of carbonyl (C=O) groups is 1. The van der Waals surface area contributed by atoms with Crippen molar-refractivity contribution < 1.29 is 9.21 Å². The average molecular weight is 345 g/mol. The third-order valence-electron chi connectivity index (χ3n) is 4.38. The minimum Gasteiger partial charge on any atom is -0.464 e. The van der Waals surface area contributed by atoms with Gasteiger partial charge < -0.3 is 9.32 Å². The number of aromatic nitrogens is 2. The highest BCUT2D eigenvalue weighted by atomic mass is 16.3. The van der Waals surface area contributed by atoms with Crippen LogP contribution in [0.2, 0.25) is 0 Å². The van der Waals surface area contributed by atoms with E-state index in [4.69, 9.17) is 4.42 Å². The van der Waals surface area contributed by atoms with E-state index >= 15 is 0 Å². The third kappa shape index (κ3) is 2.99. The van der Waals surface area contributed by atoms with Crippen molar-refractivity contribution in [3.8, 4) is 5.69 Å². The summed E-state index contributed by atoms with van der Waals surface area (Å²) in [5, 5.41) is 0. The van der Waals surface area contributed by atoms with Gasteiger partial charge in [0.15, 0.2) is 0 Å². The number of amides is 1. The van der Waals surface area contributed by atoms with E-state index in [2.05, 4.69) is 4.98 Å². The Kier molecular flexibility index (Phi) is 4.05. The average Bonchev–Trinajstić information content (AvgIpc) is 3.27. The van der Waals surface area contributed by atoms with E-state index in [-0.39, 0.29) is 5.91 Å². The smallest absolute Gasteiger partial charge is 0.254 e. The molecule has 2 aromatic heterocycles. The van der Waals surface area contributed by atoms with Crippen molar-refractivity contribution in [2.75, 3.05) is 7.05 Å². The number of nitrogens with zero attached hydrogens (tertiary/aromatic N) is 3. The van der Waals surface area contributed by atoms with Crippen LogP contribution >= 0.6 is 0 Å². The van der Waals surface area contributed by atoms with Gasteiger partial charge in [0, 0.05) is 18.3 Å². The Balaban J connectivity index is 1.54. The standard InChI is InChI=1S/C21H19N3O2/c1-15-7-12-18(26-15)13-23(2)21(25)16-8-10-17(11-9-16)24-14-22-19-5-3-4-6-20(19)24/h3-12,14H,13H2,1-2H3. The van der Waals surface area contributed by atoms with Crippen LogP contribution in [0.15, 0.2) is 71.4 Å². The van der Waals surface area contributed by atoms with Crippen molar-refractivity contribution in [3.05, 3.63) is 84.1 Å². The van der Waals surface area contributed by atoms with Crippen LogP contribution in [-0.2, 0) is 6.54 Å². The minimum atomic E-state index is -0.0407. The molecule has 0 radical (unpaired) electrons. The largest absolute Gasteiger partial charge is 0.464 e. The van der Waals surface area contributed by atoms with Crippen molar-refractivity contribution in [1.29, 1.82) is 0 Å². The van der Waals surface area contributed by atoms with Crippen molar-refractivity contribution in [2.24, 2.45) is 0 Å². The highest BCUT2D eigenvalue weighted by Crippen LogP contribution is 2.19. The summed E-state index contributed by atoms with van der Waals surface area (Å²) < 4.78 is 7.56. The van der Waals surface area contributed by atoms with Gasteiger partial charge in [0.05, 0.1) is 17.6 Å². The Labute approximate surface area is 151 Å². The first-order valence-corrected chi connectivity index (χ1v) is 8.45. The maximum atomic E-state index is 12.6. The number of para-hydroxylation sites is 2. The van der Waals surface area contributed by atoms with Crippen LogP contribution in [0.3, 0.4) is 0 Å². The van der Waals surface area contributed by atoms with Crippen molar-refractivity contribution >= 4 is 16.9 Å². The molecule has 130 valence electrons. The fraction of sp³-hybridized carbons (Fsp3) is 0.143. The highest BCUT2D eigenvalue weighted by molar-refractivity contribution is 5.94. The molecule has 0 N–H and O–H groups in total. The fourth-order valence-electron chi connectivity index (χ4n) is 3.03. The van der Waals surface area contributed by atoms with Gasteiger partial charge in [-0.1, -0.05) is 12.1 Å². The lowest BCUT2D eigenvalue weighted by molar-refractivity contribution is 0.0775. The number of hydrogen-bond donors (Lipinski definition) is 0. The molecule has 0 spiro atoms. The molecule has 0 aliphatic heterocycles. The Hall–Kier alpha value is -3.34. The summed E-state index contributed by atoms with van der Waals surface area (Å²) in [7, 11) is 1.78. The molecule has 0 saturated carbocycles. The zero-order valence-corrected chi connectivity index (χ0v) is 14.7. The van der Waals surface area contributed by atoms with Gasteiger partial charge in [-0.15, -0.1) is 0 Å². The Morgan fingerprint density at radius 1 is 1.08 bits per heavy atom. The molecule has 4 aromatic rings. The lowest BCUT2D eigenvalue weighted by Crippen LogP contribution is -2.25. The molecule has 5 nitrogen and oxygen atoms in total. The van der Waals surface area contributed by atoms with Crippen LogP contribution in [0.1, 0.15) is 21.9 Å². The SMILES string of the molecule is Cc1ccc(CN(C)C(=O)c2ccc(-n3cnc4ccccc43)cc2)o1. The molecular formula is C21H19N3O2. The molecule has 0 bridgehead atoms. The van der Waals surface area contributed by atoms with Gasteiger partial charge in [-0.3, -0.25) is 9.36 Å². The lowest BCUT2D eigenvalue weighted by Gasteiger charge is -2.16. The number of carbonyl (C=O) groups excluding carboxylic acids is 1. The first kappa shape index (κ1) is 16.1. The van der Waals surface area contributed by atoms with Gasteiger partial charge in [0.1, 0.15) is 17.8 Å². The van der Waals surface area contributed by atoms with Gasteiger partial charge in [-0.25, -0.2) is 4.98 Å². The number of hydrogen-bond acceptors (Lipinski definition) is 3. The summed E-state index contributed by atoms with van der Waals surface area (Å²) in [4.78, 5) is 18.7. The number of furan rings is 1. The molecule has 0 aliphatic rings. The molecule has 0 fully saturated rings. The molecule has 1 amide bonds. The van der Waals surface area contributed by atoms with E-state index < -0.39 is 0 Å². The second-order valence-corrected chi connectivity index (χ2v) is 6.32. The van der Waals surface area contributed by atoms with Crippen LogP contribution in [0.4, 0.5) is 0 Å². The van der Waals surface area contributed by atoms with Crippen LogP contribution < -0.4 is 0 Å². The number of benzene rings is 2. The van der Waals surface area contributed by atoms with Crippen molar-refractivity contribution in [1.82, 2.24) is 14.5 Å². The van der Waals surface area contributed by atoms with Gasteiger partial charge in [-0.05, 0) is 55.5 Å². The van der Waals surface area contributed by atoms with Gasteiger partial charge in [-0.2, -0.15) is 0 Å². The zero-order valence-electron chi connectivity index (χ0n) is 14.7. The summed E-state index contributed by atoms with van der Waals surface area (Å²) in [6, 6.07) is 19.3. The molecule has 2 aromatic carbocycles. The van der Waals surface area contributed by atoms with E-state index in [1.54, 1.807) is 18.3 Å². The van der Waals surface area contributed by atoms with Crippen LogP contribution in [0.25, 0.3) is 16.7 Å². The van der Waals surface area contributed by atoms with E-state index in [9.17, 15) is 4.79 Å². The summed E-state index contributed by atoms with van der Waals surface area (Å²) in [6.07, 6.45) is 1.80. The van der Waals surface area contributed by atoms with Gasteiger partial charge >= 0.3 is 0 Å². The van der Waals surface area contributed by atoms with Gasteiger partial charge in [0.25, 0.3) is 5.91 Å². The van der Waals surface area contributed by atoms with E-state index in [0.29, 0.717) is 12.1 Å². The summed E-state index contributed by atoms with van der Waals surface area (Å²) >= 11 is 0. The number of imidazole rings is 1. The third-order valence-corrected chi connectivity index (χ3v) is 4.38. The predicted octanol–water partition coefficient (Wildman–Crippen LogP) is 4.20. The molecule has 0 aliphatic carbocycles. The van der Waals surface area contributed by atoms with Crippen LogP contribution in [-0.4, -0.2) is 27.4 Å². The maximum Gasteiger partial charge on any atom is 0.254 e. The van der Waals surface area contributed by atoms with E-state index in [1.807, 2.05) is 72.2 Å². The van der Waals surface area contributed by atoms with Gasteiger partial charge in [0.2, 0.25) is 0 Å².